The summed E-state index contributed by atoms with van der Waals surface area (Å²) in [6.45, 7) is 4.76. The minimum Gasteiger partial charge on any atom is -0.309 e. The Morgan fingerprint density at radius 2 is 0.652 bits per heavy atom. The minimum absolute atomic E-state index is 0.141. The highest BCUT2D eigenvalue weighted by atomic mass is 15.0. The van der Waals surface area contributed by atoms with Crippen LogP contribution in [0.2, 0.25) is 0 Å². The second-order valence-electron chi connectivity index (χ2n) is 18.5. The molecule has 0 radical (unpaired) electrons. The van der Waals surface area contributed by atoms with Crippen LogP contribution in [0.5, 0.6) is 0 Å². The van der Waals surface area contributed by atoms with Gasteiger partial charge in [0.15, 0.2) is 0 Å². The minimum atomic E-state index is -0.141. The lowest BCUT2D eigenvalue weighted by atomic mass is 9.82. The molecule has 10 aromatic carbocycles. The van der Waals surface area contributed by atoms with Gasteiger partial charge in [-0.3, -0.25) is 0 Å². The molecule has 0 aliphatic heterocycles. The standard InChI is InChI=1S/C63H43N3/c1-63(2)55-25-13-9-21-47(55)51-38-54-50-24-12-16-28-59(50)66(62(54)39-56(51)63)46-36-44(64-57-26-14-10-22-48(57)52-33-42(29-31-60(52)64)40-17-5-3-6-18-40)35-45(37-46)65-58-27-15-11-23-49(58)53-34-43(30-32-61(53)65)41-19-7-4-8-20-41/h3-39H,1-2H3. The van der Waals surface area contributed by atoms with E-state index in [0.717, 1.165) is 17.1 Å². The van der Waals surface area contributed by atoms with Gasteiger partial charge in [0, 0.05) is 37.7 Å². The maximum atomic E-state index is 2.53. The predicted octanol–water partition coefficient (Wildman–Crippen LogP) is 16.6. The molecule has 0 fully saturated rings. The quantitative estimate of drug-likeness (QED) is 0.164. The molecule has 3 heterocycles. The Bertz CT molecular complexity index is 3950. The van der Waals surface area contributed by atoms with Crippen molar-refractivity contribution in [2.24, 2.45) is 0 Å². The molecule has 1 aliphatic carbocycles. The summed E-state index contributed by atoms with van der Waals surface area (Å²) in [6.07, 6.45) is 0. The molecule has 13 aromatic rings. The zero-order chi connectivity index (χ0) is 43.7. The molecule has 310 valence electrons. The topological polar surface area (TPSA) is 14.8 Å². The third kappa shape index (κ3) is 5.26. The molecule has 1 aliphatic rings. The van der Waals surface area contributed by atoms with Crippen LogP contribution in [0, 0.1) is 0 Å². The van der Waals surface area contributed by atoms with Gasteiger partial charge in [0.05, 0.1) is 50.2 Å². The predicted molar refractivity (Wildman–Crippen MR) is 278 cm³/mol. The van der Waals surface area contributed by atoms with Crippen molar-refractivity contribution in [3.8, 4) is 50.4 Å². The second-order valence-corrected chi connectivity index (χ2v) is 18.5. The van der Waals surface area contributed by atoms with Gasteiger partial charge in [-0.15, -0.1) is 0 Å². The van der Waals surface area contributed by atoms with E-state index in [9.17, 15) is 0 Å². The van der Waals surface area contributed by atoms with E-state index in [4.69, 9.17) is 0 Å². The zero-order valence-electron chi connectivity index (χ0n) is 36.7. The number of para-hydroxylation sites is 3. The average Bonchev–Trinajstić information content (AvgIpc) is 4.06. The molecule has 3 nitrogen and oxygen atoms in total. The summed E-state index contributed by atoms with van der Waals surface area (Å²) in [5.74, 6) is 0. The molecule has 0 atom stereocenters. The van der Waals surface area contributed by atoms with Gasteiger partial charge in [-0.1, -0.05) is 166 Å². The highest BCUT2D eigenvalue weighted by Gasteiger charge is 2.36. The highest BCUT2D eigenvalue weighted by molar-refractivity contribution is 6.14. The molecular weight excluding hydrogens is 799 g/mol. The van der Waals surface area contributed by atoms with Gasteiger partial charge >= 0.3 is 0 Å². The fourth-order valence-electron chi connectivity index (χ4n) is 11.5. The van der Waals surface area contributed by atoms with Gasteiger partial charge in [0.25, 0.3) is 0 Å². The molecule has 0 unspecified atom stereocenters. The van der Waals surface area contributed by atoms with Gasteiger partial charge in [-0.05, 0) is 117 Å². The van der Waals surface area contributed by atoms with Gasteiger partial charge in [0.2, 0.25) is 0 Å². The molecule has 14 rings (SSSR count). The fourth-order valence-corrected chi connectivity index (χ4v) is 11.5. The maximum Gasteiger partial charge on any atom is 0.0544 e. The lowest BCUT2D eigenvalue weighted by Crippen LogP contribution is -2.15. The van der Waals surface area contributed by atoms with Crippen molar-refractivity contribution in [2.75, 3.05) is 0 Å². The Balaban J connectivity index is 1.09. The SMILES string of the molecule is CC1(C)c2ccccc2-c2cc3c4ccccc4n(-c4cc(-n5c6ccccc6c6cc(-c7ccccc7)ccc65)cc(-n5c6ccccc6c6cc(-c7ccccc7)ccc65)c4)c3cc21. The third-order valence-electron chi connectivity index (χ3n) is 14.6. The smallest absolute Gasteiger partial charge is 0.0544 e. The van der Waals surface area contributed by atoms with E-state index in [-0.39, 0.29) is 5.41 Å². The van der Waals surface area contributed by atoms with Gasteiger partial charge < -0.3 is 13.7 Å². The van der Waals surface area contributed by atoms with Crippen LogP contribution in [-0.4, -0.2) is 13.7 Å². The highest BCUT2D eigenvalue weighted by Crippen LogP contribution is 2.51. The molecule has 0 saturated heterocycles. The first-order valence-corrected chi connectivity index (χ1v) is 23.0. The number of hydrogen-bond acceptors (Lipinski definition) is 0. The van der Waals surface area contributed by atoms with E-state index in [1.807, 2.05) is 0 Å². The number of benzene rings is 10. The Hall–Kier alpha value is -8.40. The van der Waals surface area contributed by atoms with Crippen molar-refractivity contribution in [3.05, 3.63) is 236 Å². The van der Waals surface area contributed by atoms with Crippen LogP contribution >= 0.6 is 0 Å². The first-order chi connectivity index (χ1) is 32.5. The molecule has 66 heavy (non-hydrogen) atoms. The summed E-state index contributed by atoms with van der Waals surface area (Å²) in [7, 11) is 0. The number of nitrogens with zero attached hydrogens (tertiary/aromatic N) is 3. The summed E-state index contributed by atoms with van der Waals surface area (Å²) in [5.41, 5.74) is 20.6. The third-order valence-corrected chi connectivity index (χ3v) is 14.6. The van der Waals surface area contributed by atoms with Gasteiger partial charge in [-0.2, -0.15) is 0 Å². The van der Waals surface area contributed by atoms with E-state index < -0.39 is 0 Å². The summed E-state index contributed by atoms with van der Waals surface area (Å²) >= 11 is 0. The Labute approximate surface area is 382 Å². The molecule has 0 saturated carbocycles. The van der Waals surface area contributed by atoms with Crippen LogP contribution in [0.3, 0.4) is 0 Å². The van der Waals surface area contributed by atoms with E-state index >= 15 is 0 Å². The van der Waals surface area contributed by atoms with Crippen molar-refractivity contribution >= 4 is 65.4 Å². The van der Waals surface area contributed by atoms with Gasteiger partial charge in [0.1, 0.15) is 0 Å². The van der Waals surface area contributed by atoms with Crippen LogP contribution in [0.1, 0.15) is 25.0 Å². The fraction of sp³-hybridized carbons (Fsp3) is 0.0476. The molecule has 0 N–H and O–H groups in total. The van der Waals surface area contributed by atoms with Crippen LogP contribution < -0.4 is 0 Å². The molecule has 3 heteroatoms. The van der Waals surface area contributed by atoms with Gasteiger partial charge in [-0.25, -0.2) is 0 Å². The summed E-state index contributed by atoms with van der Waals surface area (Å²) in [5, 5.41) is 7.45. The zero-order valence-corrected chi connectivity index (χ0v) is 36.7. The van der Waals surface area contributed by atoms with Crippen molar-refractivity contribution in [1.29, 1.82) is 0 Å². The normalized spacial score (nSPS) is 13.1. The number of aromatic nitrogens is 3. The number of rotatable bonds is 5. The lowest BCUT2D eigenvalue weighted by molar-refractivity contribution is 0.661. The molecule has 3 aromatic heterocycles. The summed E-state index contributed by atoms with van der Waals surface area (Å²) in [4.78, 5) is 0. The summed E-state index contributed by atoms with van der Waals surface area (Å²) in [6, 6.07) is 83.3. The van der Waals surface area contributed by atoms with Crippen molar-refractivity contribution in [3.63, 3.8) is 0 Å². The van der Waals surface area contributed by atoms with Crippen molar-refractivity contribution < 1.29 is 0 Å². The second kappa shape index (κ2) is 13.8. The van der Waals surface area contributed by atoms with Crippen molar-refractivity contribution in [2.45, 2.75) is 19.3 Å². The molecule has 0 bridgehead atoms. The van der Waals surface area contributed by atoms with E-state index in [0.29, 0.717) is 0 Å². The Kier molecular flexibility index (Phi) is 7.74. The largest absolute Gasteiger partial charge is 0.309 e. The number of hydrogen-bond donors (Lipinski definition) is 0. The molecule has 0 spiro atoms. The van der Waals surface area contributed by atoms with Crippen molar-refractivity contribution in [1.82, 2.24) is 13.7 Å². The van der Waals surface area contributed by atoms with E-state index in [1.54, 1.807) is 0 Å². The van der Waals surface area contributed by atoms with Crippen LogP contribution in [0.25, 0.3) is 116 Å². The monoisotopic (exact) mass is 841 g/mol. The lowest BCUT2D eigenvalue weighted by Gasteiger charge is -2.22. The Morgan fingerprint density at radius 1 is 0.258 bits per heavy atom. The van der Waals surface area contributed by atoms with E-state index in [1.165, 1.54) is 110 Å². The maximum absolute atomic E-state index is 2.53. The average molecular weight is 842 g/mol. The first-order valence-electron chi connectivity index (χ1n) is 23.0. The van der Waals surface area contributed by atoms with Crippen LogP contribution in [0.15, 0.2) is 224 Å². The first kappa shape index (κ1) is 37.0. The van der Waals surface area contributed by atoms with Crippen LogP contribution in [-0.2, 0) is 5.41 Å². The van der Waals surface area contributed by atoms with Crippen LogP contribution in [0.4, 0.5) is 0 Å². The number of fused-ring (bicyclic) bond motifs is 12. The molecular formula is C63H43N3. The Morgan fingerprint density at radius 3 is 1.15 bits per heavy atom. The summed E-state index contributed by atoms with van der Waals surface area (Å²) < 4.78 is 7.50. The molecule has 0 amide bonds. The van der Waals surface area contributed by atoms with E-state index in [2.05, 4.69) is 252 Å².